The summed E-state index contributed by atoms with van der Waals surface area (Å²) in [6.45, 7) is 0. The molecule has 0 saturated carbocycles. The highest BCUT2D eigenvalue weighted by Gasteiger charge is 2.32. The lowest BCUT2D eigenvalue weighted by atomic mass is 10.3. The second kappa shape index (κ2) is 4.33. The number of rotatable bonds is 1. The molecule has 1 aromatic rings. The fourth-order valence-corrected chi connectivity index (χ4v) is 1.17. The van der Waals surface area contributed by atoms with E-state index in [0.717, 1.165) is 6.07 Å². The maximum Gasteiger partial charge on any atom is 0.433 e. The molecule has 0 spiro atoms. The fourth-order valence-electron chi connectivity index (χ4n) is 0.716. The van der Waals surface area contributed by atoms with Gasteiger partial charge in [-0.05, 0) is 12.1 Å². The topological polar surface area (TPSA) is 73.1 Å². The quantitative estimate of drug-likeness (QED) is 0.826. The molecule has 0 radical (unpaired) electrons. The highest BCUT2D eigenvalue weighted by molar-refractivity contribution is 7.89. The van der Waals surface area contributed by atoms with Gasteiger partial charge in [-0.15, -0.1) is 12.4 Å². The molecule has 4 nitrogen and oxygen atoms in total. The van der Waals surface area contributed by atoms with Crippen molar-refractivity contribution in [1.29, 1.82) is 0 Å². The summed E-state index contributed by atoms with van der Waals surface area (Å²) in [6, 6.07) is 1.31. The lowest BCUT2D eigenvalue weighted by Crippen LogP contribution is -2.14. The SMILES string of the molecule is Cl.NS(=O)(=O)c1ccc(C(F)(F)F)nc1. The average Bonchev–Trinajstić information content (AvgIpc) is 2.01. The van der Waals surface area contributed by atoms with Gasteiger partial charge in [0.05, 0.1) is 0 Å². The van der Waals surface area contributed by atoms with Crippen LogP contribution in [0.25, 0.3) is 0 Å². The zero-order chi connectivity index (χ0) is 11.0. The number of hydrogen-bond donors (Lipinski definition) is 1. The maximum absolute atomic E-state index is 12.0. The minimum atomic E-state index is -4.59. The van der Waals surface area contributed by atoms with Gasteiger partial charge in [-0.3, -0.25) is 4.98 Å². The van der Waals surface area contributed by atoms with Crippen LogP contribution >= 0.6 is 12.4 Å². The Labute approximate surface area is 89.8 Å². The molecule has 0 aliphatic heterocycles. The third-order valence-corrected chi connectivity index (χ3v) is 2.25. The number of alkyl halides is 3. The van der Waals surface area contributed by atoms with E-state index in [0.29, 0.717) is 12.3 Å². The Morgan fingerprint density at radius 1 is 1.27 bits per heavy atom. The largest absolute Gasteiger partial charge is 0.433 e. The number of pyridine rings is 1. The van der Waals surface area contributed by atoms with Crippen LogP contribution in [0, 0.1) is 0 Å². The summed E-state index contributed by atoms with van der Waals surface area (Å²) < 4.78 is 57.2. The lowest BCUT2D eigenvalue weighted by molar-refractivity contribution is -0.141. The van der Waals surface area contributed by atoms with Gasteiger partial charge in [-0.1, -0.05) is 0 Å². The summed E-state index contributed by atoms with van der Waals surface area (Å²) in [5, 5.41) is 4.67. The third-order valence-electron chi connectivity index (χ3n) is 1.36. The third kappa shape index (κ3) is 3.65. The number of halogens is 4. The number of nitrogens with two attached hydrogens (primary N) is 1. The zero-order valence-corrected chi connectivity index (χ0v) is 8.66. The first-order valence-corrected chi connectivity index (χ1v) is 4.82. The van der Waals surface area contributed by atoms with Crippen LogP contribution in [0.2, 0.25) is 0 Å². The molecule has 0 bridgehead atoms. The molecule has 1 rings (SSSR count). The smallest absolute Gasteiger partial charge is 0.250 e. The van der Waals surface area contributed by atoms with E-state index < -0.39 is 26.8 Å². The zero-order valence-electron chi connectivity index (χ0n) is 7.02. The molecular weight excluding hydrogens is 257 g/mol. The molecule has 0 saturated heterocycles. The summed E-state index contributed by atoms with van der Waals surface area (Å²) in [5.74, 6) is 0. The van der Waals surface area contributed by atoms with Crippen LogP contribution in [0.5, 0.6) is 0 Å². The molecule has 2 N–H and O–H groups in total. The van der Waals surface area contributed by atoms with E-state index in [1.54, 1.807) is 0 Å². The highest BCUT2D eigenvalue weighted by Crippen LogP contribution is 2.27. The molecule has 15 heavy (non-hydrogen) atoms. The van der Waals surface area contributed by atoms with Crippen molar-refractivity contribution in [2.24, 2.45) is 5.14 Å². The predicted molar refractivity (Wildman–Crippen MR) is 47.9 cm³/mol. The molecular formula is C6H6ClF3N2O2S. The number of primary sulfonamides is 1. The Morgan fingerprint density at radius 2 is 1.80 bits per heavy atom. The summed E-state index contributed by atoms with van der Waals surface area (Å²) in [7, 11) is -3.99. The first kappa shape index (κ1) is 14.1. The van der Waals surface area contributed by atoms with E-state index in [2.05, 4.69) is 10.1 Å². The summed E-state index contributed by atoms with van der Waals surface area (Å²) in [4.78, 5) is 2.48. The van der Waals surface area contributed by atoms with Crippen LogP contribution in [0.15, 0.2) is 23.2 Å². The first-order valence-electron chi connectivity index (χ1n) is 3.27. The number of hydrogen-bond acceptors (Lipinski definition) is 3. The molecule has 86 valence electrons. The van der Waals surface area contributed by atoms with Gasteiger partial charge in [0.1, 0.15) is 10.6 Å². The Morgan fingerprint density at radius 3 is 2.07 bits per heavy atom. The number of sulfonamides is 1. The van der Waals surface area contributed by atoms with E-state index in [9.17, 15) is 21.6 Å². The van der Waals surface area contributed by atoms with Crippen molar-refractivity contribution in [3.05, 3.63) is 24.0 Å². The highest BCUT2D eigenvalue weighted by atomic mass is 35.5. The molecule has 0 amide bonds. The summed E-state index contributed by atoms with van der Waals surface area (Å²) in [6.07, 6.45) is -4.02. The van der Waals surface area contributed by atoms with E-state index in [-0.39, 0.29) is 12.4 Å². The van der Waals surface area contributed by atoms with Crippen molar-refractivity contribution in [2.45, 2.75) is 11.1 Å². The molecule has 0 aliphatic carbocycles. The molecule has 1 aromatic heterocycles. The van der Waals surface area contributed by atoms with Crippen LogP contribution in [0.3, 0.4) is 0 Å². The van der Waals surface area contributed by atoms with Gasteiger partial charge >= 0.3 is 6.18 Å². The van der Waals surface area contributed by atoms with Crippen LogP contribution in [-0.2, 0) is 16.2 Å². The van der Waals surface area contributed by atoms with Gasteiger partial charge in [0.15, 0.2) is 0 Å². The monoisotopic (exact) mass is 262 g/mol. The van der Waals surface area contributed by atoms with Gasteiger partial charge in [0, 0.05) is 6.20 Å². The van der Waals surface area contributed by atoms with Crippen molar-refractivity contribution < 1.29 is 21.6 Å². The van der Waals surface area contributed by atoms with Crippen molar-refractivity contribution >= 4 is 22.4 Å². The lowest BCUT2D eigenvalue weighted by Gasteiger charge is -2.05. The van der Waals surface area contributed by atoms with E-state index in [1.165, 1.54) is 0 Å². The predicted octanol–water partition coefficient (Wildman–Crippen LogP) is 1.17. The second-order valence-electron chi connectivity index (χ2n) is 2.42. The van der Waals surface area contributed by atoms with Crippen LogP contribution < -0.4 is 5.14 Å². The van der Waals surface area contributed by atoms with E-state index in [1.807, 2.05) is 0 Å². The van der Waals surface area contributed by atoms with Gasteiger partial charge in [-0.25, -0.2) is 13.6 Å². The minimum absolute atomic E-state index is 0. The molecule has 0 aliphatic rings. The first-order chi connectivity index (χ1) is 6.21. The molecule has 1 heterocycles. The van der Waals surface area contributed by atoms with Gasteiger partial charge in [0.25, 0.3) is 0 Å². The average molecular weight is 263 g/mol. The summed E-state index contributed by atoms with van der Waals surface area (Å²) in [5.41, 5.74) is -1.16. The Hall–Kier alpha value is -0.860. The van der Waals surface area contributed by atoms with E-state index in [4.69, 9.17) is 0 Å². The van der Waals surface area contributed by atoms with Crippen molar-refractivity contribution in [3.63, 3.8) is 0 Å². The number of aromatic nitrogens is 1. The van der Waals surface area contributed by atoms with Crippen molar-refractivity contribution in [2.75, 3.05) is 0 Å². The normalized spacial score (nSPS) is 12.0. The van der Waals surface area contributed by atoms with Gasteiger partial charge in [-0.2, -0.15) is 13.2 Å². The molecule has 0 unspecified atom stereocenters. The molecule has 0 atom stereocenters. The van der Waals surface area contributed by atoms with Crippen LogP contribution in [0.1, 0.15) is 5.69 Å². The van der Waals surface area contributed by atoms with Crippen molar-refractivity contribution in [1.82, 2.24) is 4.98 Å². The van der Waals surface area contributed by atoms with Gasteiger partial charge < -0.3 is 0 Å². The molecule has 0 fully saturated rings. The summed E-state index contributed by atoms with van der Waals surface area (Å²) >= 11 is 0. The minimum Gasteiger partial charge on any atom is -0.250 e. The molecule has 9 heteroatoms. The number of nitrogens with zero attached hydrogens (tertiary/aromatic N) is 1. The standard InChI is InChI=1S/C6H5F3N2O2S.ClH/c7-6(8,9)5-2-1-4(3-11-5)14(10,12)13;/h1-3H,(H2,10,12,13);1H. The Balaban J connectivity index is 0.00000196. The fraction of sp³-hybridized carbons (Fsp3) is 0.167. The van der Waals surface area contributed by atoms with Crippen LogP contribution in [0.4, 0.5) is 13.2 Å². The van der Waals surface area contributed by atoms with Gasteiger partial charge in [0.2, 0.25) is 10.0 Å². The second-order valence-corrected chi connectivity index (χ2v) is 3.98. The van der Waals surface area contributed by atoms with E-state index >= 15 is 0 Å². The Bertz CT molecular complexity index is 429. The molecule has 0 aromatic carbocycles. The maximum atomic E-state index is 12.0. The van der Waals surface area contributed by atoms with Crippen molar-refractivity contribution in [3.8, 4) is 0 Å². The van der Waals surface area contributed by atoms with Crippen LogP contribution in [-0.4, -0.2) is 13.4 Å². The Kier molecular flexibility index (Phi) is 4.08.